The Morgan fingerprint density at radius 2 is 1.79 bits per heavy atom. The number of halogens is 2. The molecule has 0 spiro atoms. The predicted molar refractivity (Wildman–Crippen MR) is 86.0 cm³/mol. The summed E-state index contributed by atoms with van der Waals surface area (Å²) in [5, 5.41) is 5.24. The van der Waals surface area contributed by atoms with Crippen molar-refractivity contribution in [2.75, 3.05) is 29.9 Å². The molecule has 0 unspecified atom stereocenters. The van der Waals surface area contributed by atoms with Gasteiger partial charge in [-0.15, -0.1) is 0 Å². The lowest BCUT2D eigenvalue weighted by Crippen LogP contribution is -2.47. The highest BCUT2D eigenvalue weighted by Gasteiger charge is 2.22. The second-order valence-corrected chi connectivity index (χ2v) is 5.34. The Balaban J connectivity index is 1.88. The first-order valence-corrected chi connectivity index (χ1v) is 7.42. The van der Waals surface area contributed by atoms with Crippen LogP contribution in [-0.2, 0) is 4.79 Å². The molecule has 1 saturated heterocycles. The van der Waals surface area contributed by atoms with Crippen LogP contribution in [0.3, 0.4) is 0 Å². The van der Waals surface area contributed by atoms with E-state index in [0.717, 1.165) is 12.1 Å². The normalized spacial score (nSPS) is 14.2. The van der Waals surface area contributed by atoms with Crippen LogP contribution in [0.5, 0.6) is 0 Å². The summed E-state index contributed by atoms with van der Waals surface area (Å²) < 4.78 is 27.5. The summed E-state index contributed by atoms with van der Waals surface area (Å²) in [6, 6.07) is 10.1. The third-order valence-electron chi connectivity index (χ3n) is 3.72. The third-order valence-corrected chi connectivity index (χ3v) is 3.72. The van der Waals surface area contributed by atoms with E-state index in [-0.39, 0.29) is 12.5 Å². The number of hydrogen-bond donors (Lipinski definition) is 2. The maximum atomic E-state index is 13.7. The van der Waals surface area contributed by atoms with Gasteiger partial charge in [0.25, 0.3) is 5.91 Å². The van der Waals surface area contributed by atoms with Crippen molar-refractivity contribution in [3.05, 3.63) is 59.7 Å². The number of piperazine rings is 1. The van der Waals surface area contributed by atoms with Gasteiger partial charge in [-0.25, -0.2) is 8.78 Å². The zero-order valence-corrected chi connectivity index (χ0v) is 12.7. The highest BCUT2D eigenvalue weighted by Crippen LogP contribution is 2.27. The average Bonchev–Trinajstić information content (AvgIpc) is 2.55. The summed E-state index contributed by atoms with van der Waals surface area (Å²) in [7, 11) is 0. The predicted octanol–water partition coefficient (Wildman–Crippen LogP) is 2.15. The van der Waals surface area contributed by atoms with Crippen LogP contribution >= 0.6 is 0 Å². The molecule has 5 nitrogen and oxygen atoms in total. The number of carbonyl (C=O) groups excluding carboxylic acids is 2. The topological polar surface area (TPSA) is 61.4 Å². The highest BCUT2D eigenvalue weighted by molar-refractivity contribution is 6.06. The van der Waals surface area contributed by atoms with Crippen LogP contribution in [0.2, 0.25) is 0 Å². The highest BCUT2D eigenvalue weighted by atomic mass is 19.1. The fraction of sp³-hybridized carbons (Fsp3) is 0.176. The van der Waals surface area contributed by atoms with E-state index in [9.17, 15) is 18.4 Å². The van der Waals surface area contributed by atoms with E-state index in [1.54, 1.807) is 29.2 Å². The molecular formula is C17H15F2N3O2. The first kappa shape index (κ1) is 15.9. The lowest BCUT2D eigenvalue weighted by atomic mass is 10.1. The van der Waals surface area contributed by atoms with Crippen molar-refractivity contribution in [1.82, 2.24) is 5.32 Å². The Bertz CT molecular complexity index is 775. The number of carbonyl (C=O) groups is 2. The van der Waals surface area contributed by atoms with E-state index in [4.69, 9.17) is 0 Å². The zero-order chi connectivity index (χ0) is 17.1. The minimum atomic E-state index is -0.928. The summed E-state index contributed by atoms with van der Waals surface area (Å²) in [5.74, 6) is -2.85. The van der Waals surface area contributed by atoms with E-state index >= 15 is 0 Å². The third kappa shape index (κ3) is 3.19. The molecule has 2 amide bonds. The van der Waals surface area contributed by atoms with Crippen LogP contribution in [0.15, 0.2) is 42.5 Å². The Labute approximate surface area is 137 Å². The van der Waals surface area contributed by atoms with Crippen molar-refractivity contribution in [3.63, 3.8) is 0 Å². The SMILES string of the molecule is O=C1CN(c2ccccc2NC(=O)c2c(F)cccc2F)CCN1. The summed E-state index contributed by atoms with van der Waals surface area (Å²) in [6.07, 6.45) is 0. The van der Waals surface area contributed by atoms with Gasteiger partial charge in [-0.3, -0.25) is 9.59 Å². The maximum absolute atomic E-state index is 13.7. The van der Waals surface area contributed by atoms with Gasteiger partial charge in [-0.2, -0.15) is 0 Å². The van der Waals surface area contributed by atoms with E-state index in [1.165, 1.54) is 6.07 Å². The molecule has 1 aliphatic heterocycles. The van der Waals surface area contributed by atoms with Crippen LogP contribution in [-0.4, -0.2) is 31.4 Å². The number of anilines is 2. The number of nitrogens with zero attached hydrogens (tertiary/aromatic N) is 1. The van der Waals surface area contributed by atoms with Gasteiger partial charge in [-0.1, -0.05) is 18.2 Å². The van der Waals surface area contributed by atoms with Crippen molar-refractivity contribution in [2.45, 2.75) is 0 Å². The number of nitrogens with one attached hydrogen (secondary N) is 2. The molecule has 3 rings (SSSR count). The molecule has 0 saturated carbocycles. The first-order valence-electron chi connectivity index (χ1n) is 7.42. The summed E-state index contributed by atoms with van der Waals surface area (Å²) in [6.45, 7) is 1.22. The van der Waals surface area contributed by atoms with Gasteiger partial charge in [0.2, 0.25) is 5.91 Å². The lowest BCUT2D eigenvalue weighted by molar-refractivity contribution is -0.120. The zero-order valence-electron chi connectivity index (χ0n) is 12.7. The molecule has 0 aliphatic carbocycles. The Morgan fingerprint density at radius 1 is 1.08 bits per heavy atom. The van der Waals surface area contributed by atoms with Gasteiger partial charge in [0.05, 0.1) is 17.9 Å². The molecule has 0 radical (unpaired) electrons. The minimum Gasteiger partial charge on any atom is -0.359 e. The van der Waals surface area contributed by atoms with Crippen LogP contribution in [0.25, 0.3) is 0 Å². The smallest absolute Gasteiger partial charge is 0.261 e. The fourth-order valence-corrected chi connectivity index (χ4v) is 2.60. The Kier molecular flexibility index (Phi) is 4.41. The molecule has 24 heavy (non-hydrogen) atoms. The molecule has 0 aromatic heterocycles. The lowest BCUT2D eigenvalue weighted by Gasteiger charge is -2.30. The number of hydrogen-bond acceptors (Lipinski definition) is 3. The fourth-order valence-electron chi connectivity index (χ4n) is 2.60. The van der Waals surface area contributed by atoms with E-state index in [1.807, 2.05) is 0 Å². The molecular weight excluding hydrogens is 316 g/mol. The van der Waals surface area contributed by atoms with Crippen molar-refractivity contribution in [2.24, 2.45) is 0 Å². The van der Waals surface area contributed by atoms with Crippen LogP contribution in [0.1, 0.15) is 10.4 Å². The van der Waals surface area contributed by atoms with Gasteiger partial charge < -0.3 is 15.5 Å². The Morgan fingerprint density at radius 3 is 2.50 bits per heavy atom. The van der Waals surface area contributed by atoms with E-state index in [0.29, 0.717) is 24.5 Å². The quantitative estimate of drug-likeness (QED) is 0.906. The molecule has 0 bridgehead atoms. The number of para-hydroxylation sites is 2. The standard InChI is InChI=1S/C17H15F2N3O2/c18-11-4-3-5-12(19)16(11)17(24)21-13-6-1-2-7-14(13)22-9-8-20-15(23)10-22/h1-7H,8-10H2,(H,20,23)(H,21,24). The van der Waals surface area contributed by atoms with Crippen molar-refractivity contribution in [3.8, 4) is 0 Å². The number of rotatable bonds is 3. The molecule has 0 atom stereocenters. The van der Waals surface area contributed by atoms with E-state index < -0.39 is 23.1 Å². The molecule has 1 aliphatic rings. The second-order valence-electron chi connectivity index (χ2n) is 5.34. The molecule has 1 fully saturated rings. The molecule has 2 aromatic rings. The van der Waals surface area contributed by atoms with Crippen LogP contribution < -0.4 is 15.5 Å². The molecule has 1 heterocycles. The van der Waals surface area contributed by atoms with Crippen molar-refractivity contribution in [1.29, 1.82) is 0 Å². The van der Waals surface area contributed by atoms with Gasteiger partial charge in [0, 0.05) is 13.1 Å². The minimum absolute atomic E-state index is 0.123. The van der Waals surface area contributed by atoms with Crippen molar-refractivity contribution < 1.29 is 18.4 Å². The summed E-state index contributed by atoms with van der Waals surface area (Å²) >= 11 is 0. The van der Waals surface area contributed by atoms with Crippen LogP contribution in [0, 0.1) is 11.6 Å². The number of amides is 2. The van der Waals surface area contributed by atoms with Crippen LogP contribution in [0.4, 0.5) is 20.2 Å². The summed E-state index contributed by atoms with van der Waals surface area (Å²) in [5.41, 5.74) is 0.376. The molecule has 2 N–H and O–H groups in total. The second kappa shape index (κ2) is 6.66. The first-order chi connectivity index (χ1) is 11.6. The molecule has 2 aromatic carbocycles. The maximum Gasteiger partial charge on any atom is 0.261 e. The van der Waals surface area contributed by atoms with E-state index in [2.05, 4.69) is 10.6 Å². The molecule has 7 heteroatoms. The largest absolute Gasteiger partial charge is 0.359 e. The monoisotopic (exact) mass is 331 g/mol. The van der Waals surface area contributed by atoms with Crippen molar-refractivity contribution >= 4 is 23.2 Å². The van der Waals surface area contributed by atoms with Gasteiger partial charge in [0.15, 0.2) is 0 Å². The Hall–Kier alpha value is -2.96. The van der Waals surface area contributed by atoms with Gasteiger partial charge in [0.1, 0.15) is 17.2 Å². The van der Waals surface area contributed by atoms with Gasteiger partial charge >= 0.3 is 0 Å². The number of benzene rings is 2. The average molecular weight is 331 g/mol. The van der Waals surface area contributed by atoms with Gasteiger partial charge in [-0.05, 0) is 24.3 Å². The molecule has 124 valence electrons. The summed E-state index contributed by atoms with van der Waals surface area (Å²) in [4.78, 5) is 25.6.